The minimum Gasteiger partial charge on any atom is -0.468 e. The summed E-state index contributed by atoms with van der Waals surface area (Å²) in [7, 11) is 1.44. The topological polar surface area (TPSA) is 50.8 Å². The molecule has 0 aromatic carbocycles. The number of methoxy groups -OCH3 is 1. The van der Waals surface area contributed by atoms with Crippen LogP contribution in [-0.4, -0.2) is 62.9 Å². The van der Waals surface area contributed by atoms with Gasteiger partial charge in [0, 0.05) is 13.1 Å². The Morgan fingerprint density at radius 2 is 2.11 bits per heavy atom. The molecule has 5 heteroatoms. The van der Waals surface area contributed by atoms with Gasteiger partial charge in [0.25, 0.3) is 0 Å². The molecule has 1 aliphatic rings. The Morgan fingerprint density at radius 1 is 1.44 bits per heavy atom. The van der Waals surface area contributed by atoms with E-state index in [9.17, 15) is 4.79 Å². The largest absolute Gasteiger partial charge is 0.468 e. The van der Waals surface area contributed by atoms with Gasteiger partial charge < -0.3 is 14.8 Å². The number of hydrogen-bond donors (Lipinski definition) is 1. The van der Waals surface area contributed by atoms with Crippen molar-refractivity contribution >= 4 is 5.97 Å². The first kappa shape index (κ1) is 15.4. The Morgan fingerprint density at radius 3 is 2.67 bits per heavy atom. The average Bonchev–Trinajstić information content (AvgIpc) is 2.39. The summed E-state index contributed by atoms with van der Waals surface area (Å²) in [5.41, 5.74) is -0.560. The Bertz CT molecular complexity index is 255. The summed E-state index contributed by atoms with van der Waals surface area (Å²) < 4.78 is 10.2. The molecule has 1 rings (SSSR count). The quantitative estimate of drug-likeness (QED) is 0.679. The molecule has 18 heavy (non-hydrogen) atoms. The van der Waals surface area contributed by atoms with Gasteiger partial charge in [0.1, 0.15) is 5.54 Å². The van der Waals surface area contributed by atoms with Crippen LogP contribution in [0.1, 0.15) is 26.7 Å². The van der Waals surface area contributed by atoms with E-state index in [0.29, 0.717) is 0 Å². The van der Waals surface area contributed by atoms with Crippen molar-refractivity contribution < 1.29 is 14.3 Å². The SMILES string of the molecule is CCNC(C)(CCCN1CCOCC1)C(=O)OC. The van der Waals surface area contributed by atoms with Crippen molar-refractivity contribution in [3.63, 3.8) is 0 Å². The average molecular weight is 258 g/mol. The van der Waals surface area contributed by atoms with Gasteiger partial charge in [-0.3, -0.25) is 9.69 Å². The molecule has 0 saturated carbocycles. The van der Waals surface area contributed by atoms with Crippen LogP contribution < -0.4 is 5.32 Å². The Labute approximate surface area is 110 Å². The lowest BCUT2D eigenvalue weighted by atomic mass is 9.95. The molecule has 1 aliphatic heterocycles. The van der Waals surface area contributed by atoms with Crippen molar-refractivity contribution in [2.45, 2.75) is 32.2 Å². The summed E-state index contributed by atoms with van der Waals surface area (Å²) in [5.74, 6) is -0.175. The van der Waals surface area contributed by atoms with Crippen molar-refractivity contribution in [2.24, 2.45) is 0 Å². The highest BCUT2D eigenvalue weighted by Crippen LogP contribution is 2.15. The summed E-state index contributed by atoms with van der Waals surface area (Å²) in [6.07, 6.45) is 1.78. The van der Waals surface area contributed by atoms with E-state index < -0.39 is 5.54 Å². The number of esters is 1. The van der Waals surface area contributed by atoms with E-state index in [1.807, 2.05) is 13.8 Å². The Balaban J connectivity index is 2.34. The number of likely N-dealkylation sites (N-methyl/N-ethyl adjacent to an activating group) is 1. The normalized spacial score (nSPS) is 20.4. The molecule has 1 fully saturated rings. The molecule has 1 heterocycles. The maximum Gasteiger partial charge on any atom is 0.325 e. The fourth-order valence-electron chi connectivity index (χ4n) is 2.36. The summed E-state index contributed by atoms with van der Waals surface area (Å²) in [6, 6.07) is 0. The Hall–Kier alpha value is -0.650. The smallest absolute Gasteiger partial charge is 0.325 e. The number of carbonyl (C=O) groups excluding carboxylic acids is 1. The molecular formula is C13H26N2O3. The number of nitrogens with one attached hydrogen (secondary N) is 1. The van der Waals surface area contributed by atoms with Crippen molar-refractivity contribution in [3.05, 3.63) is 0 Å². The van der Waals surface area contributed by atoms with Crippen molar-refractivity contribution in [1.82, 2.24) is 10.2 Å². The number of rotatable bonds is 7. The first-order chi connectivity index (χ1) is 8.62. The molecular weight excluding hydrogens is 232 g/mol. The van der Waals surface area contributed by atoms with Gasteiger partial charge >= 0.3 is 5.97 Å². The van der Waals surface area contributed by atoms with Crippen LogP contribution in [0.2, 0.25) is 0 Å². The minimum atomic E-state index is -0.560. The van der Waals surface area contributed by atoms with E-state index in [1.165, 1.54) is 7.11 Å². The van der Waals surface area contributed by atoms with E-state index in [4.69, 9.17) is 9.47 Å². The second kappa shape index (κ2) is 7.71. The fourth-order valence-corrected chi connectivity index (χ4v) is 2.36. The van der Waals surface area contributed by atoms with E-state index in [-0.39, 0.29) is 5.97 Å². The van der Waals surface area contributed by atoms with Crippen LogP contribution in [0.5, 0.6) is 0 Å². The maximum atomic E-state index is 11.8. The lowest BCUT2D eigenvalue weighted by molar-refractivity contribution is -0.148. The van der Waals surface area contributed by atoms with Crippen LogP contribution in [0.3, 0.4) is 0 Å². The van der Waals surface area contributed by atoms with E-state index in [1.54, 1.807) is 0 Å². The number of hydrogen-bond acceptors (Lipinski definition) is 5. The van der Waals surface area contributed by atoms with E-state index in [2.05, 4.69) is 10.2 Å². The lowest BCUT2D eigenvalue weighted by Crippen LogP contribution is -2.50. The molecule has 1 unspecified atom stereocenters. The molecule has 0 bridgehead atoms. The van der Waals surface area contributed by atoms with Crippen molar-refractivity contribution in [1.29, 1.82) is 0 Å². The molecule has 0 aromatic rings. The zero-order valence-corrected chi connectivity index (χ0v) is 11.8. The predicted octanol–water partition coefficient (Wildman–Crippen LogP) is 0.640. The third kappa shape index (κ3) is 4.55. The van der Waals surface area contributed by atoms with Gasteiger partial charge in [-0.2, -0.15) is 0 Å². The monoisotopic (exact) mass is 258 g/mol. The van der Waals surface area contributed by atoms with Crippen LogP contribution in [0.15, 0.2) is 0 Å². The van der Waals surface area contributed by atoms with Gasteiger partial charge in [-0.1, -0.05) is 6.92 Å². The standard InChI is InChI=1S/C13H26N2O3/c1-4-14-13(2,12(16)17-3)6-5-7-15-8-10-18-11-9-15/h14H,4-11H2,1-3H3. The third-order valence-electron chi connectivity index (χ3n) is 3.46. The third-order valence-corrected chi connectivity index (χ3v) is 3.46. The second-order valence-electron chi connectivity index (χ2n) is 4.91. The van der Waals surface area contributed by atoms with Crippen LogP contribution in [0, 0.1) is 0 Å². The van der Waals surface area contributed by atoms with Gasteiger partial charge in [-0.05, 0) is 32.9 Å². The maximum absolute atomic E-state index is 11.8. The number of ether oxygens (including phenoxy) is 2. The molecule has 106 valence electrons. The highest BCUT2D eigenvalue weighted by Gasteiger charge is 2.32. The van der Waals surface area contributed by atoms with Crippen LogP contribution in [0.4, 0.5) is 0 Å². The van der Waals surface area contributed by atoms with Crippen molar-refractivity contribution in [3.8, 4) is 0 Å². The molecule has 0 spiro atoms. The highest BCUT2D eigenvalue weighted by atomic mass is 16.5. The first-order valence-electron chi connectivity index (χ1n) is 6.76. The van der Waals surface area contributed by atoms with Gasteiger partial charge in [0.05, 0.1) is 20.3 Å². The van der Waals surface area contributed by atoms with Crippen LogP contribution in [-0.2, 0) is 14.3 Å². The number of nitrogens with zero attached hydrogens (tertiary/aromatic N) is 1. The molecule has 1 atom stereocenters. The fraction of sp³-hybridized carbons (Fsp3) is 0.923. The number of carbonyl (C=O) groups is 1. The zero-order valence-electron chi connectivity index (χ0n) is 11.8. The number of morpholine rings is 1. The molecule has 1 saturated heterocycles. The second-order valence-corrected chi connectivity index (χ2v) is 4.91. The lowest BCUT2D eigenvalue weighted by Gasteiger charge is -2.30. The molecule has 0 aliphatic carbocycles. The Kier molecular flexibility index (Phi) is 6.60. The van der Waals surface area contributed by atoms with Gasteiger partial charge in [0.2, 0.25) is 0 Å². The van der Waals surface area contributed by atoms with Gasteiger partial charge in [-0.25, -0.2) is 0 Å². The van der Waals surface area contributed by atoms with Crippen molar-refractivity contribution in [2.75, 3.05) is 46.5 Å². The van der Waals surface area contributed by atoms with Gasteiger partial charge in [0.15, 0.2) is 0 Å². The molecule has 0 radical (unpaired) electrons. The molecule has 1 N–H and O–H groups in total. The van der Waals surface area contributed by atoms with Crippen LogP contribution >= 0.6 is 0 Å². The highest BCUT2D eigenvalue weighted by molar-refractivity contribution is 5.80. The molecule has 0 amide bonds. The predicted molar refractivity (Wildman–Crippen MR) is 70.6 cm³/mol. The van der Waals surface area contributed by atoms with Crippen LogP contribution in [0.25, 0.3) is 0 Å². The molecule has 5 nitrogen and oxygen atoms in total. The summed E-state index contributed by atoms with van der Waals surface area (Å²) in [6.45, 7) is 9.34. The summed E-state index contributed by atoms with van der Waals surface area (Å²) in [4.78, 5) is 14.2. The molecule has 0 aromatic heterocycles. The minimum absolute atomic E-state index is 0.175. The summed E-state index contributed by atoms with van der Waals surface area (Å²) >= 11 is 0. The van der Waals surface area contributed by atoms with E-state index >= 15 is 0 Å². The zero-order chi connectivity index (χ0) is 13.4. The summed E-state index contributed by atoms with van der Waals surface area (Å²) in [5, 5.41) is 3.23. The van der Waals surface area contributed by atoms with Gasteiger partial charge in [-0.15, -0.1) is 0 Å². The first-order valence-corrected chi connectivity index (χ1v) is 6.76. The van der Waals surface area contributed by atoms with E-state index in [0.717, 1.165) is 52.2 Å².